The largest absolute Gasteiger partial charge is 0.486 e. The van der Waals surface area contributed by atoms with Crippen molar-refractivity contribution in [3.8, 4) is 17.2 Å². The molecule has 0 saturated heterocycles. The average Bonchev–Trinajstić information content (AvgIpc) is 2.63. The molecule has 0 spiro atoms. The van der Waals surface area contributed by atoms with Crippen molar-refractivity contribution in [3.05, 3.63) is 53.1 Å². The fourth-order valence-corrected chi connectivity index (χ4v) is 2.64. The highest BCUT2D eigenvalue weighted by molar-refractivity contribution is 6.30. The number of carbonyl (C=O) groups excluding carboxylic acids is 1. The molecule has 2 aromatic carbocycles. The van der Waals surface area contributed by atoms with Crippen molar-refractivity contribution >= 4 is 17.5 Å². The number of rotatable bonds is 5. The summed E-state index contributed by atoms with van der Waals surface area (Å²) in [5, 5.41) is 3.57. The minimum atomic E-state index is -0.624. The summed E-state index contributed by atoms with van der Waals surface area (Å²) in [6.45, 7) is 4.71. The molecule has 2 atom stereocenters. The van der Waals surface area contributed by atoms with E-state index in [0.717, 1.165) is 11.3 Å². The third kappa shape index (κ3) is 4.37. The van der Waals surface area contributed by atoms with Gasteiger partial charge in [-0.25, -0.2) is 0 Å². The van der Waals surface area contributed by atoms with Crippen LogP contribution in [0.25, 0.3) is 0 Å². The smallest absolute Gasteiger partial charge is 0.261 e. The first-order valence-electron chi connectivity index (χ1n) is 8.15. The molecule has 6 heteroatoms. The van der Waals surface area contributed by atoms with Crippen LogP contribution in [0.4, 0.5) is 0 Å². The molecule has 132 valence electrons. The number of ether oxygens (including phenoxy) is 3. The summed E-state index contributed by atoms with van der Waals surface area (Å²) < 4.78 is 16.7. The number of fused-ring (bicyclic) bond motifs is 1. The van der Waals surface area contributed by atoms with E-state index in [1.165, 1.54) is 0 Å². The maximum absolute atomic E-state index is 12.4. The van der Waals surface area contributed by atoms with Crippen LogP contribution in [0, 0.1) is 0 Å². The highest BCUT2D eigenvalue weighted by Gasteiger charge is 2.19. The molecule has 0 aromatic heterocycles. The lowest BCUT2D eigenvalue weighted by Crippen LogP contribution is -2.37. The van der Waals surface area contributed by atoms with Crippen LogP contribution in [0.2, 0.25) is 5.02 Å². The molecule has 2 aromatic rings. The van der Waals surface area contributed by atoms with E-state index < -0.39 is 6.10 Å². The average molecular weight is 362 g/mol. The lowest BCUT2D eigenvalue weighted by atomic mass is 10.1. The summed E-state index contributed by atoms with van der Waals surface area (Å²) in [7, 11) is 0. The number of carbonyl (C=O) groups is 1. The van der Waals surface area contributed by atoms with Gasteiger partial charge in [-0.3, -0.25) is 4.79 Å². The highest BCUT2D eigenvalue weighted by atomic mass is 35.5. The molecular weight excluding hydrogens is 342 g/mol. The topological polar surface area (TPSA) is 56.8 Å². The van der Waals surface area contributed by atoms with Gasteiger partial charge in [-0.15, -0.1) is 0 Å². The summed E-state index contributed by atoms with van der Waals surface area (Å²) in [6.07, 6.45) is -0.624. The number of halogens is 1. The van der Waals surface area contributed by atoms with E-state index in [1.807, 2.05) is 25.1 Å². The quantitative estimate of drug-likeness (QED) is 0.881. The number of hydrogen-bond acceptors (Lipinski definition) is 4. The van der Waals surface area contributed by atoms with E-state index in [1.54, 1.807) is 31.2 Å². The minimum Gasteiger partial charge on any atom is -0.486 e. The maximum Gasteiger partial charge on any atom is 0.261 e. The molecular formula is C19H20ClNO4. The molecule has 5 nitrogen and oxygen atoms in total. The molecule has 0 aliphatic carbocycles. The number of amides is 1. The second-order valence-electron chi connectivity index (χ2n) is 5.85. The van der Waals surface area contributed by atoms with Crippen molar-refractivity contribution in [2.45, 2.75) is 26.0 Å². The first-order valence-corrected chi connectivity index (χ1v) is 8.53. The lowest BCUT2D eigenvalue weighted by Gasteiger charge is -2.22. The molecule has 1 aliphatic heterocycles. The van der Waals surface area contributed by atoms with Gasteiger partial charge >= 0.3 is 0 Å². The van der Waals surface area contributed by atoms with E-state index in [9.17, 15) is 4.79 Å². The fourth-order valence-electron chi connectivity index (χ4n) is 2.51. The molecule has 3 rings (SSSR count). The third-order valence-corrected chi connectivity index (χ3v) is 4.17. The van der Waals surface area contributed by atoms with Crippen LogP contribution in [0.5, 0.6) is 17.2 Å². The maximum atomic E-state index is 12.4. The molecule has 0 fully saturated rings. The van der Waals surface area contributed by atoms with Crippen LogP contribution >= 0.6 is 11.6 Å². The van der Waals surface area contributed by atoms with Gasteiger partial charge < -0.3 is 19.5 Å². The second-order valence-corrected chi connectivity index (χ2v) is 6.28. The van der Waals surface area contributed by atoms with E-state index in [0.29, 0.717) is 29.7 Å². The van der Waals surface area contributed by atoms with Gasteiger partial charge in [0.2, 0.25) is 0 Å². The van der Waals surface area contributed by atoms with Crippen molar-refractivity contribution in [1.82, 2.24) is 5.32 Å². The van der Waals surface area contributed by atoms with Gasteiger partial charge in [0.1, 0.15) is 19.0 Å². The number of nitrogens with one attached hydrogen (secondary N) is 1. The Bertz CT molecular complexity index is 748. The molecule has 0 radical (unpaired) electrons. The van der Waals surface area contributed by atoms with Crippen molar-refractivity contribution < 1.29 is 19.0 Å². The van der Waals surface area contributed by atoms with Crippen LogP contribution in [0.1, 0.15) is 25.5 Å². The molecule has 1 N–H and O–H groups in total. The Morgan fingerprint density at radius 1 is 1.08 bits per heavy atom. The van der Waals surface area contributed by atoms with Gasteiger partial charge in [0, 0.05) is 5.02 Å². The summed E-state index contributed by atoms with van der Waals surface area (Å²) in [5.74, 6) is 1.83. The zero-order valence-corrected chi connectivity index (χ0v) is 14.9. The zero-order valence-electron chi connectivity index (χ0n) is 14.1. The number of hydrogen-bond donors (Lipinski definition) is 1. The molecule has 0 saturated carbocycles. The lowest BCUT2D eigenvalue weighted by molar-refractivity contribution is -0.127. The third-order valence-electron chi connectivity index (χ3n) is 3.92. The van der Waals surface area contributed by atoms with Crippen molar-refractivity contribution in [2.24, 2.45) is 0 Å². The number of benzene rings is 2. The monoisotopic (exact) mass is 361 g/mol. The van der Waals surface area contributed by atoms with Crippen molar-refractivity contribution in [3.63, 3.8) is 0 Å². The van der Waals surface area contributed by atoms with Gasteiger partial charge in [0.05, 0.1) is 6.04 Å². The standard InChI is InChI=1S/C19H20ClNO4/c1-12(14-3-8-17-18(11-14)24-10-9-23-17)21-19(22)13(2)25-16-6-4-15(20)5-7-16/h3-8,11-13H,9-10H2,1-2H3,(H,21,22). The van der Waals surface area contributed by atoms with Crippen LogP contribution in [-0.2, 0) is 4.79 Å². The molecule has 1 aliphatic rings. The van der Waals surface area contributed by atoms with E-state index in [4.69, 9.17) is 25.8 Å². The molecule has 25 heavy (non-hydrogen) atoms. The SMILES string of the molecule is CC(Oc1ccc(Cl)cc1)C(=O)NC(C)c1ccc2c(c1)OCCO2. The Morgan fingerprint density at radius 2 is 1.76 bits per heavy atom. The predicted octanol–water partition coefficient (Wildman–Crippen LogP) is 3.76. The second kappa shape index (κ2) is 7.66. The molecule has 0 bridgehead atoms. The first kappa shape index (κ1) is 17.4. The molecule has 2 unspecified atom stereocenters. The summed E-state index contributed by atoms with van der Waals surface area (Å²) in [4.78, 5) is 12.4. The van der Waals surface area contributed by atoms with E-state index >= 15 is 0 Å². The van der Waals surface area contributed by atoms with Crippen molar-refractivity contribution in [2.75, 3.05) is 13.2 Å². The fraction of sp³-hybridized carbons (Fsp3) is 0.316. The summed E-state index contributed by atoms with van der Waals surface area (Å²) >= 11 is 5.84. The van der Waals surface area contributed by atoms with E-state index in [2.05, 4.69) is 5.32 Å². The van der Waals surface area contributed by atoms with Gasteiger partial charge in [-0.2, -0.15) is 0 Å². The normalized spacial score (nSPS) is 15.2. The van der Waals surface area contributed by atoms with Crippen LogP contribution in [0.3, 0.4) is 0 Å². The Labute approximate surface area is 151 Å². The Hall–Kier alpha value is -2.40. The van der Waals surface area contributed by atoms with Crippen LogP contribution in [0.15, 0.2) is 42.5 Å². The first-order chi connectivity index (χ1) is 12.0. The van der Waals surface area contributed by atoms with Gasteiger partial charge in [0.15, 0.2) is 17.6 Å². The minimum absolute atomic E-state index is 0.181. The van der Waals surface area contributed by atoms with Crippen LogP contribution < -0.4 is 19.5 Å². The van der Waals surface area contributed by atoms with E-state index in [-0.39, 0.29) is 11.9 Å². The Morgan fingerprint density at radius 3 is 2.48 bits per heavy atom. The van der Waals surface area contributed by atoms with Gasteiger partial charge in [-0.05, 0) is 55.8 Å². The molecule has 1 heterocycles. The molecule has 1 amide bonds. The van der Waals surface area contributed by atoms with Gasteiger partial charge in [-0.1, -0.05) is 17.7 Å². The van der Waals surface area contributed by atoms with Crippen LogP contribution in [-0.4, -0.2) is 25.2 Å². The zero-order chi connectivity index (χ0) is 17.8. The van der Waals surface area contributed by atoms with Crippen molar-refractivity contribution in [1.29, 1.82) is 0 Å². The van der Waals surface area contributed by atoms with Gasteiger partial charge in [0.25, 0.3) is 5.91 Å². The Balaban J connectivity index is 1.60. The highest BCUT2D eigenvalue weighted by Crippen LogP contribution is 2.32. The summed E-state index contributed by atoms with van der Waals surface area (Å²) in [5.41, 5.74) is 0.941. The Kier molecular flexibility index (Phi) is 5.34. The summed E-state index contributed by atoms with van der Waals surface area (Å²) in [6, 6.07) is 12.4. The predicted molar refractivity (Wildman–Crippen MR) is 95.5 cm³/mol.